The average molecular weight is 538 g/mol. The number of carboxylic acids is 1. The number of hydrogen-bond acceptors (Lipinski definition) is 6. The number of nitrogens with zero attached hydrogens (tertiary/aromatic N) is 3. The molecule has 1 saturated heterocycles. The second kappa shape index (κ2) is 11.7. The third-order valence-corrected chi connectivity index (χ3v) is 8.50. The first kappa shape index (κ1) is 27.2. The minimum Gasteiger partial charge on any atom is -0.496 e. The first-order chi connectivity index (χ1) is 18.3. The summed E-state index contributed by atoms with van der Waals surface area (Å²) in [6.07, 6.45) is 1.66. The van der Waals surface area contributed by atoms with E-state index in [4.69, 9.17) is 9.47 Å². The Morgan fingerprint density at radius 2 is 1.68 bits per heavy atom. The van der Waals surface area contributed by atoms with Gasteiger partial charge in [0.15, 0.2) is 0 Å². The van der Waals surface area contributed by atoms with Gasteiger partial charge in [-0.2, -0.15) is 4.31 Å². The summed E-state index contributed by atoms with van der Waals surface area (Å²) >= 11 is 0. The minimum atomic E-state index is -3.65. The van der Waals surface area contributed by atoms with Crippen molar-refractivity contribution in [3.8, 4) is 22.6 Å². The maximum Gasteiger partial charge on any atom is 0.326 e. The summed E-state index contributed by atoms with van der Waals surface area (Å²) in [6.45, 7) is 0.370. The van der Waals surface area contributed by atoms with Gasteiger partial charge in [-0.05, 0) is 41.8 Å². The molecule has 10 heteroatoms. The Balaban J connectivity index is 1.46. The van der Waals surface area contributed by atoms with Crippen LogP contribution in [0.4, 0.5) is 0 Å². The van der Waals surface area contributed by atoms with Crippen molar-refractivity contribution in [3.05, 3.63) is 78.4 Å². The third kappa shape index (κ3) is 5.66. The summed E-state index contributed by atoms with van der Waals surface area (Å²) in [4.78, 5) is 18.2. The lowest BCUT2D eigenvalue weighted by Crippen LogP contribution is -2.50. The summed E-state index contributed by atoms with van der Waals surface area (Å²) in [7, 11) is 1.17. The van der Waals surface area contributed by atoms with Gasteiger partial charge in [0.1, 0.15) is 23.7 Å². The maximum absolute atomic E-state index is 12.9. The average Bonchev–Trinajstić information content (AvgIpc) is 2.91. The largest absolute Gasteiger partial charge is 0.496 e. The van der Waals surface area contributed by atoms with E-state index in [1.165, 1.54) is 15.5 Å². The molecule has 0 aliphatic carbocycles. The van der Waals surface area contributed by atoms with Crippen molar-refractivity contribution in [2.45, 2.75) is 29.9 Å². The van der Waals surface area contributed by atoms with Gasteiger partial charge in [0.2, 0.25) is 10.0 Å². The molecule has 9 nitrogen and oxygen atoms in total. The summed E-state index contributed by atoms with van der Waals surface area (Å²) < 4.78 is 38.1. The highest BCUT2D eigenvalue weighted by molar-refractivity contribution is 7.89. The van der Waals surface area contributed by atoms with Crippen LogP contribution in [0.2, 0.25) is 0 Å². The number of benzene rings is 3. The predicted octanol–water partition coefficient (Wildman–Crippen LogP) is 3.75. The molecule has 2 atom stereocenters. The van der Waals surface area contributed by atoms with Gasteiger partial charge in [0.05, 0.1) is 31.0 Å². The molecule has 0 bridgehead atoms. The van der Waals surface area contributed by atoms with E-state index in [0.29, 0.717) is 24.5 Å². The van der Waals surface area contributed by atoms with Crippen LogP contribution in [0.15, 0.2) is 82.7 Å². The van der Waals surface area contributed by atoms with Crippen molar-refractivity contribution < 1.29 is 27.8 Å². The van der Waals surface area contributed by atoms with Gasteiger partial charge in [-0.1, -0.05) is 48.5 Å². The molecule has 0 amide bonds. The van der Waals surface area contributed by atoms with E-state index in [1.54, 1.807) is 51.6 Å². The molecule has 0 saturated carbocycles. The molecule has 0 spiro atoms. The van der Waals surface area contributed by atoms with Gasteiger partial charge in [-0.15, -0.1) is 0 Å². The molecule has 3 aromatic carbocycles. The zero-order valence-corrected chi connectivity index (χ0v) is 22.3. The van der Waals surface area contributed by atoms with Crippen molar-refractivity contribution in [2.24, 2.45) is 4.99 Å². The summed E-state index contributed by atoms with van der Waals surface area (Å²) in [5.74, 6) is 0.350. The Hall–Kier alpha value is -3.89. The second-order valence-corrected chi connectivity index (χ2v) is 10.8. The fourth-order valence-electron chi connectivity index (χ4n) is 4.34. The van der Waals surface area contributed by atoms with Crippen LogP contribution in [-0.2, 0) is 21.2 Å². The molecule has 1 heterocycles. The highest BCUT2D eigenvalue weighted by atomic mass is 32.2. The lowest BCUT2D eigenvalue weighted by molar-refractivity contribution is -0.141. The normalized spacial score (nSPS) is 16.6. The molecule has 1 fully saturated rings. The first-order valence-corrected chi connectivity index (χ1v) is 13.6. The van der Waals surface area contributed by atoms with E-state index in [1.807, 2.05) is 42.5 Å². The maximum atomic E-state index is 12.9. The summed E-state index contributed by atoms with van der Waals surface area (Å²) in [5, 5.41) is 9.90. The van der Waals surface area contributed by atoms with Crippen LogP contribution in [0.5, 0.6) is 11.5 Å². The molecule has 4 rings (SSSR count). The summed E-state index contributed by atoms with van der Waals surface area (Å²) in [5.41, 5.74) is 2.53. The van der Waals surface area contributed by atoms with Crippen LogP contribution in [0, 0.1) is 0 Å². The number of methoxy groups -OCH3 is 2. The Morgan fingerprint density at radius 1 is 1.05 bits per heavy atom. The lowest BCUT2D eigenvalue weighted by atomic mass is 9.99. The lowest BCUT2D eigenvalue weighted by Gasteiger charge is -2.37. The number of aliphatic carboxylic acids is 1. The number of sulfonamides is 1. The number of aliphatic imine (C=N–C) groups is 1. The molecule has 38 heavy (non-hydrogen) atoms. The van der Waals surface area contributed by atoms with Gasteiger partial charge < -0.3 is 19.5 Å². The van der Waals surface area contributed by atoms with Crippen LogP contribution in [0.25, 0.3) is 11.1 Å². The Kier molecular flexibility index (Phi) is 8.33. The molecular formula is C28H31N3O6S. The van der Waals surface area contributed by atoms with Crippen molar-refractivity contribution in [3.63, 3.8) is 0 Å². The van der Waals surface area contributed by atoms with Crippen molar-refractivity contribution in [2.75, 3.05) is 27.8 Å². The Bertz CT molecular complexity index is 1370. The molecule has 1 N–H and O–H groups in total. The number of carboxylic acid groups (broad SMARTS) is 1. The minimum absolute atomic E-state index is 0.214. The van der Waals surface area contributed by atoms with E-state index >= 15 is 0 Å². The van der Waals surface area contributed by atoms with Gasteiger partial charge >= 0.3 is 5.97 Å². The summed E-state index contributed by atoms with van der Waals surface area (Å²) in [6, 6.07) is 20.5. The third-order valence-electron chi connectivity index (χ3n) is 6.59. The zero-order chi connectivity index (χ0) is 27.3. The van der Waals surface area contributed by atoms with Crippen molar-refractivity contribution in [1.29, 1.82) is 0 Å². The van der Waals surface area contributed by atoms with Crippen molar-refractivity contribution >= 4 is 22.3 Å². The van der Waals surface area contributed by atoms with Crippen LogP contribution in [0.1, 0.15) is 12.0 Å². The number of ether oxygens (including phenoxy) is 2. The molecule has 1 unspecified atom stereocenters. The van der Waals surface area contributed by atoms with E-state index < -0.39 is 28.2 Å². The standard InChI is InChI=1S/C28H31N3O6S/c1-30(19-29-26-16-17-31(26)38(34,35)22-8-5-4-6-9-22)23(28(32)33)18-20-12-14-21(15-13-20)27-24(36-2)10-7-11-25(27)37-3/h4-15,19,23,26H,16-18H2,1-3H3,(H,32,33)/b29-19+/t23-,26?/m0/s1. The second-order valence-electron chi connectivity index (χ2n) is 8.92. The molecule has 0 aromatic heterocycles. The molecule has 200 valence electrons. The highest BCUT2D eigenvalue weighted by Crippen LogP contribution is 2.38. The topological polar surface area (TPSA) is 109 Å². The van der Waals surface area contributed by atoms with Crippen LogP contribution in [-0.4, -0.2) is 75.1 Å². The fourth-order valence-corrected chi connectivity index (χ4v) is 5.94. The van der Waals surface area contributed by atoms with Crippen molar-refractivity contribution in [1.82, 2.24) is 9.21 Å². The number of hydrogen-bond donors (Lipinski definition) is 1. The van der Waals surface area contributed by atoms with Crippen LogP contribution < -0.4 is 9.47 Å². The van der Waals surface area contributed by atoms with Gasteiger partial charge in [0.25, 0.3) is 0 Å². The number of likely N-dealkylation sites (N-methyl/N-ethyl adjacent to an activating group) is 1. The van der Waals surface area contributed by atoms with Gasteiger partial charge in [-0.25, -0.2) is 13.2 Å². The predicted molar refractivity (Wildman–Crippen MR) is 145 cm³/mol. The van der Waals surface area contributed by atoms with Crippen LogP contribution in [0.3, 0.4) is 0 Å². The molecular weight excluding hydrogens is 506 g/mol. The molecule has 3 aromatic rings. The monoisotopic (exact) mass is 537 g/mol. The van der Waals surface area contributed by atoms with E-state index in [9.17, 15) is 18.3 Å². The Morgan fingerprint density at radius 3 is 2.21 bits per heavy atom. The Labute approximate surface area is 223 Å². The SMILES string of the molecule is COc1cccc(OC)c1-c1ccc(C[C@@H](C(=O)O)N(C)/C=N/C2CCN2S(=O)(=O)c2ccccc2)cc1. The highest BCUT2D eigenvalue weighted by Gasteiger charge is 2.38. The van der Waals surface area contributed by atoms with Gasteiger partial charge in [0, 0.05) is 20.0 Å². The molecule has 1 aliphatic rings. The molecule has 0 radical (unpaired) electrons. The smallest absolute Gasteiger partial charge is 0.326 e. The van der Waals surface area contributed by atoms with Crippen LogP contribution >= 0.6 is 0 Å². The zero-order valence-electron chi connectivity index (χ0n) is 21.5. The first-order valence-electron chi connectivity index (χ1n) is 12.1. The van der Waals surface area contributed by atoms with Gasteiger partial charge in [-0.3, -0.25) is 4.99 Å². The number of carbonyl (C=O) groups is 1. The van der Waals surface area contributed by atoms with E-state index in [0.717, 1.165) is 16.7 Å². The fraction of sp³-hybridized carbons (Fsp3) is 0.286. The quantitative estimate of drug-likeness (QED) is 0.293. The number of rotatable bonds is 11. The van der Waals surface area contributed by atoms with E-state index in [2.05, 4.69) is 4.99 Å². The van der Waals surface area contributed by atoms with E-state index in [-0.39, 0.29) is 11.3 Å². The molecule has 1 aliphatic heterocycles.